The number of piperidine rings is 1. The average Bonchev–Trinajstić information content (AvgIpc) is 3.17. The third-order valence-corrected chi connectivity index (χ3v) is 5.83. The second-order valence-electron chi connectivity index (χ2n) is 7.92. The monoisotopic (exact) mass is 367 g/mol. The highest BCUT2D eigenvalue weighted by Gasteiger charge is 2.29. The molecule has 6 nitrogen and oxygen atoms in total. The number of carbonyl (C=O) groups is 1. The molecule has 2 aromatic rings. The number of benzene rings is 1. The quantitative estimate of drug-likeness (QED) is 0.815. The van der Waals surface area contributed by atoms with E-state index in [0.29, 0.717) is 12.3 Å². The zero-order valence-corrected chi connectivity index (χ0v) is 15.5. The first-order valence-corrected chi connectivity index (χ1v) is 9.93. The maximum absolute atomic E-state index is 12.9. The molecule has 3 aliphatic rings. The number of carbonyl (C=O) groups excluding carboxylic acids is 1. The number of imidazole rings is 1. The molecule has 0 bridgehead atoms. The van der Waals surface area contributed by atoms with Crippen molar-refractivity contribution in [1.82, 2.24) is 14.5 Å². The Hall–Kier alpha value is -2.50. The van der Waals surface area contributed by atoms with Crippen molar-refractivity contribution in [3.63, 3.8) is 0 Å². The van der Waals surface area contributed by atoms with Crippen LogP contribution in [0.2, 0.25) is 0 Å². The summed E-state index contributed by atoms with van der Waals surface area (Å²) in [5, 5.41) is 0. The van der Waals surface area contributed by atoms with Gasteiger partial charge in [0.2, 0.25) is 12.7 Å². The van der Waals surface area contributed by atoms with Gasteiger partial charge < -0.3 is 18.9 Å². The van der Waals surface area contributed by atoms with Crippen LogP contribution < -0.4 is 9.47 Å². The van der Waals surface area contributed by atoms with Crippen LogP contribution in [0.1, 0.15) is 43.0 Å². The standard InChI is InChI=1S/C21H25N3O3/c25-20(11-16-5-6-18-19(10-16)27-14-26-18)23-8-1-2-17(13-23)21-22-7-9-24(21)12-15-3-4-15/h5-7,9-10,15,17H,1-4,8,11-14H2. The molecule has 27 heavy (non-hydrogen) atoms. The van der Waals surface area contributed by atoms with Gasteiger partial charge in [-0.05, 0) is 49.3 Å². The SMILES string of the molecule is O=C(Cc1ccc2c(c1)OCO2)N1CCCC(c2nccn2CC2CC2)C1. The van der Waals surface area contributed by atoms with Gasteiger partial charge in [-0.25, -0.2) is 4.98 Å². The van der Waals surface area contributed by atoms with Crippen LogP contribution in [-0.4, -0.2) is 40.2 Å². The zero-order chi connectivity index (χ0) is 18.2. The van der Waals surface area contributed by atoms with E-state index in [0.717, 1.165) is 61.3 Å². The Bertz CT molecular complexity index is 843. The minimum absolute atomic E-state index is 0.180. The second-order valence-corrected chi connectivity index (χ2v) is 7.92. The summed E-state index contributed by atoms with van der Waals surface area (Å²) in [6, 6.07) is 5.76. The number of fused-ring (bicyclic) bond motifs is 1. The van der Waals surface area contributed by atoms with Crippen molar-refractivity contribution in [3.8, 4) is 11.5 Å². The van der Waals surface area contributed by atoms with Crippen molar-refractivity contribution in [2.75, 3.05) is 19.9 Å². The molecule has 1 aromatic carbocycles. The van der Waals surface area contributed by atoms with Gasteiger partial charge in [-0.2, -0.15) is 0 Å². The van der Waals surface area contributed by atoms with Crippen LogP contribution in [0.15, 0.2) is 30.6 Å². The topological polar surface area (TPSA) is 56.6 Å². The molecule has 0 radical (unpaired) electrons. The third kappa shape index (κ3) is 3.53. The fourth-order valence-electron chi connectivity index (χ4n) is 4.17. The minimum Gasteiger partial charge on any atom is -0.454 e. The number of nitrogens with zero attached hydrogens (tertiary/aromatic N) is 3. The number of aromatic nitrogens is 2. The van der Waals surface area contributed by atoms with Crippen LogP contribution in [-0.2, 0) is 17.8 Å². The summed E-state index contributed by atoms with van der Waals surface area (Å²) in [6.07, 6.45) is 9.22. The van der Waals surface area contributed by atoms with E-state index in [1.54, 1.807) is 0 Å². The summed E-state index contributed by atoms with van der Waals surface area (Å²) in [7, 11) is 0. The second kappa shape index (κ2) is 6.91. The van der Waals surface area contributed by atoms with E-state index >= 15 is 0 Å². The Balaban J connectivity index is 1.25. The number of hydrogen-bond acceptors (Lipinski definition) is 4. The molecule has 2 fully saturated rings. The van der Waals surface area contributed by atoms with Crippen molar-refractivity contribution >= 4 is 5.91 Å². The van der Waals surface area contributed by atoms with E-state index in [4.69, 9.17) is 9.47 Å². The third-order valence-electron chi connectivity index (χ3n) is 5.83. The summed E-state index contributed by atoms with van der Waals surface area (Å²) >= 11 is 0. The lowest BCUT2D eigenvalue weighted by molar-refractivity contribution is -0.131. The first-order valence-electron chi connectivity index (χ1n) is 9.93. The van der Waals surface area contributed by atoms with E-state index in [-0.39, 0.29) is 12.7 Å². The highest BCUT2D eigenvalue weighted by molar-refractivity contribution is 5.79. The summed E-state index contributed by atoms with van der Waals surface area (Å²) in [5.41, 5.74) is 0.974. The van der Waals surface area contributed by atoms with Crippen LogP contribution in [0.3, 0.4) is 0 Å². The van der Waals surface area contributed by atoms with Crippen molar-refractivity contribution < 1.29 is 14.3 Å². The van der Waals surface area contributed by atoms with E-state index in [1.807, 2.05) is 29.3 Å². The lowest BCUT2D eigenvalue weighted by atomic mass is 9.96. The van der Waals surface area contributed by atoms with Gasteiger partial charge in [0, 0.05) is 37.9 Å². The van der Waals surface area contributed by atoms with Crippen molar-refractivity contribution in [3.05, 3.63) is 42.0 Å². The largest absolute Gasteiger partial charge is 0.454 e. The minimum atomic E-state index is 0.180. The molecule has 6 heteroatoms. The molecule has 142 valence electrons. The predicted molar refractivity (Wildman–Crippen MR) is 99.8 cm³/mol. The Morgan fingerprint density at radius 3 is 2.96 bits per heavy atom. The summed E-state index contributed by atoms with van der Waals surface area (Å²) in [6.45, 7) is 2.94. The molecular formula is C21H25N3O3. The number of likely N-dealkylation sites (tertiary alicyclic amines) is 1. The first kappa shape index (κ1) is 16.7. The predicted octanol–water partition coefficient (Wildman–Crippen LogP) is 2.97. The van der Waals surface area contributed by atoms with Gasteiger partial charge in [-0.3, -0.25) is 4.79 Å². The van der Waals surface area contributed by atoms with E-state index in [1.165, 1.54) is 12.8 Å². The first-order chi connectivity index (χ1) is 13.3. The van der Waals surface area contributed by atoms with Gasteiger partial charge in [0.1, 0.15) is 5.82 Å². The Labute approximate surface area is 159 Å². The van der Waals surface area contributed by atoms with Gasteiger partial charge in [0.15, 0.2) is 11.5 Å². The maximum Gasteiger partial charge on any atom is 0.231 e. The lowest BCUT2D eigenvalue weighted by Gasteiger charge is -2.33. The molecule has 1 atom stereocenters. The van der Waals surface area contributed by atoms with E-state index in [2.05, 4.69) is 15.7 Å². The molecule has 1 aromatic heterocycles. The molecule has 1 saturated heterocycles. The summed E-state index contributed by atoms with van der Waals surface area (Å²) in [5.74, 6) is 3.99. The highest BCUT2D eigenvalue weighted by Crippen LogP contribution is 2.34. The normalized spacial score (nSPS) is 21.5. The van der Waals surface area contributed by atoms with E-state index < -0.39 is 0 Å². The molecule has 1 aliphatic carbocycles. The molecule has 1 amide bonds. The molecular weight excluding hydrogens is 342 g/mol. The van der Waals surface area contributed by atoms with Gasteiger partial charge in [-0.1, -0.05) is 6.07 Å². The molecule has 5 rings (SSSR count). The van der Waals surface area contributed by atoms with Crippen LogP contribution >= 0.6 is 0 Å². The summed E-state index contributed by atoms with van der Waals surface area (Å²) in [4.78, 5) is 19.5. The van der Waals surface area contributed by atoms with Crippen molar-refractivity contribution in [2.45, 2.75) is 44.6 Å². The van der Waals surface area contributed by atoms with Gasteiger partial charge >= 0.3 is 0 Å². The summed E-state index contributed by atoms with van der Waals surface area (Å²) < 4.78 is 13.1. The number of ether oxygens (including phenoxy) is 2. The van der Waals surface area contributed by atoms with Gasteiger partial charge in [0.25, 0.3) is 0 Å². The number of rotatable bonds is 5. The molecule has 1 unspecified atom stereocenters. The van der Waals surface area contributed by atoms with Crippen LogP contribution in [0.5, 0.6) is 11.5 Å². The Morgan fingerprint density at radius 1 is 1.19 bits per heavy atom. The van der Waals surface area contributed by atoms with E-state index in [9.17, 15) is 4.79 Å². The number of amides is 1. The van der Waals surface area contributed by atoms with Crippen molar-refractivity contribution in [2.24, 2.45) is 5.92 Å². The maximum atomic E-state index is 12.9. The highest BCUT2D eigenvalue weighted by atomic mass is 16.7. The Morgan fingerprint density at radius 2 is 2.07 bits per heavy atom. The Kier molecular flexibility index (Phi) is 4.26. The lowest BCUT2D eigenvalue weighted by Crippen LogP contribution is -2.40. The molecule has 1 saturated carbocycles. The average molecular weight is 367 g/mol. The van der Waals surface area contributed by atoms with Gasteiger partial charge in [0.05, 0.1) is 6.42 Å². The number of hydrogen-bond donors (Lipinski definition) is 0. The van der Waals surface area contributed by atoms with Gasteiger partial charge in [-0.15, -0.1) is 0 Å². The van der Waals surface area contributed by atoms with Crippen LogP contribution in [0.4, 0.5) is 0 Å². The fraction of sp³-hybridized carbons (Fsp3) is 0.524. The fourth-order valence-corrected chi connectivity index (χ4v) is 4.17. The van der Waals surface area contributed by atoms with Crippen LogP contribution in [0.25, 0.3) is 0 Å². The molecule has 3 heterocycles. The zero-order valence-electron chi connectivity index (χ0n) is 15.5. The molecule has 0 N–H and O–H groups in total. The smallest absolute Gasteiger partial charge is 0.231 e. The molecule has 2 aliphatic heterocycles. The molecule has 0 spiro atoms. The van der Waals surface area contributed by atoms with Crippen LogP contribution in [0, 0.1) is 5.92 Å². The van der Waals surface area contributed by atoms with Crippen molar-refractivity contribution in [1.29, 1.82) is 0 Å².